The van der Waals surface area contributed by atoms with Crippen molar-refractivity contribution in [1.82, 2.24) is 0 Å². The van der Waals surface area contributed by atoms with Crippen LogP contribution in [0.4, 0.5) is 5.69 Å². The zero-order chi connectivity index (χ0) is 33.0. The van der Waals surface area contributed by atoms with E-state index in [4.69, 9.17) is 13.3 Å². The molecule has 3 unspecified atom stereocenters. The van der Waals surface area contributed by atoms with Gasteiger partial charge in [0.05, 0.1) is 24.5 Å². The summed E-state index contributed by atoms with van der Waals surface area (Å²) in [5.41, 5.74) is 6.22. The van der Waals surface area contributed by atoms with Gasteiger partial charge in [-0.15, -0.1) is 0 Å². The van der Waals surface area contributed by atoms with Crippen molar-refractivity contribution in [1.29, 1.82) is 0 Å². The van der Waals surface area contributed by atoms with Gasteiger partial charge in [0.15, 0.2) is 12.8 Å². The summed E-state index contributed by atoms with van der Waals surface area (Å²) in [5, 5.41) is 0. The number of oxazole rings is 1. The minimum atomic E-state index is -4.47. The standard InChI is InChI=1S/C35H36N2O8S2/c1-2-25(21-34-36(17-19-43-46(38)39)30-23-28(13-15-32(30)44-34)26-9-5-3-6-10-26)22-35-37(18-20-47(40,41)42)31-24-29(14-16-33(31)45-35)27-11-7-4-8-12-27/h3-16,23-25,34H,2,17-22H2,1H3,(H-,38,39,40,41,42). The average Bonchev–Trinajstić information content (AvgIpc) is 3.59. The summed E-state index contributed by atoms with van der Waals surface area (Å²) in [6.45, 7) is 2.39. The van der Waals surface area contributed by atoms with E-state index in [1.54, 1.807) is 4.57 Å². The van der Waals surface area contributed by atoms with Gasteiger partial charge in [-0.1, -0.05) is 86.1 Å². The first-order valence-electron chi connectivity index (χ1n) is 15.5. The van der Waals surface area contributed by atoms with Crippen LogP contribution in [0.2, 0.25) is 0 Å². The molecule has 0 amide bonds. The first kappa shape index (κ1) is 32.9. The number of anilines is 1. The Kier molecular flexibility index (Phi) is 10.0. The molecule has 6 rings (SSSR count). The highest BCUT2D eigenvalue weighted by molar-refractivity contribution is 7.85. The lowest BCUT2D eigenvalue weighted by molar-refractivity contribution is -0.680. The van der Waals surface area contributed by atoms with Crippen molar-refractivity contribution in [2.24, 2.45) is 5.92 Å². The van der Waals surface area contributed by atoms with Crippen LogP contribution in [0.15, 0.2) is 101 Å². The Bertz CT molecular complexity index is 1970. The third kappa shape index (κ3) is 7.91. The number of rotatable bonds is 14. The predicted molar refractivity (Wildman–Crippen MR) is 179 cm³/mol. The summed E-state index contributed by atoms with van der Waals surface area (Å²) in [4.78, 5) is 2.06. The lowest BCUT2D eigenvalue weighted by Crippen LogP contribution is -2.42. The minimum Gasteiger partial charge on any atom is -0.748 e. The molecule has 0 bridgehead atoms. The Hall–Kier alpha value is -4.07. The van der Waals surface area contributed by atoms with Gasteiger partial charge in [0.1, 0.15) is 15.9 Å². The van der Waals surface area contributed by atoms with Crippen LogP contribution in [0.25, 0.3) is 33.4 Å². The highest BCUT2D eigenvalue weighted by atomic mass is 32.2. The van der Waals surface area contributed by atoms with E-state index >= 15 is 0 Å². The molecule has 0 radical (unpaired) electrons. The van der Waals surface area contributed by atoms with Gasteiger partial charge in [-0.3, -0.25) is 8.74 Å². The number of aromatic nitrogens is 1. The fraction of sp³-hybridized carbons (Fsp3) is 0.286. The van der Waals surface area contributed by atoms with Crippen molar-refractivity contribution in [3.05, 3.63) is 103 Å². The predicted octanol–water partition coefficient (Wildman–Crippen LogP) is 5.94. The number of aryl methyl sites for hydroxylation is 1. The van der Waals surface area contributed by atoms with Crippen LogP contribution in [0.1, 0.15) is 25.7 Å². The van der Waals surface area contributed by atoms with Crippen molar-refractivity contribution in [2.45, 2.75) is 39.0 Å². The van der Waals surface area contributed by atoms with Gasteiger partial charge in [0, 0.05) is 19.0 Å². The molecule has 12 heteroatoms. The van der Waals surface area contributed by atoms with E-state index in [1.165, 1.54) is 0 Å². The molecule has 47 heavy (non-hydrogen) atoms. The largest absolute Gasteiger partial charge is 0.748 e. The second-order valence-electron chi connectivity index (χ2n) is 11.5. The maximum Gasteiger partial charge on any atom is 0.348 e. The first-order valence-corrected chi connectivity index (χ1v) is 18.1. The molecule has 3 atom stereocenters. The van der Waals surface area contributed by atoms with Crippen LogP contribution in [0, 0.1) is 5.92 Å². The molecular weight excluding hydrogens is 641 g/mol. The van der Waals surface area contributed by atoms with E-state index in [-0.39, 0.29) is 25.3 Å². The van der Waals surface area contributed by atoms with Crippen molar-refractivity contribution < 1.29 is 39.6 Å². The fourth-order valence-corrected chi connectivity index (χ4v) is 6.75. The molecule has 0 saturated heterocycles. The van der Waals surface area contributed by atoms with E-state index in [9.17, 15) is 21.7 Å². The van der Waals surface area contributed by atoms with Crippen molar-refractivity contribution >= 4 is 38.3 Å². The Balaban J connectivity index is 1.29. The number of nitrogens with zero attached hydrogens (tertiary/aromatic N) is 2. The lowest BCUT2D eigenvalue weighted by atomic mass is 9.96. The highest BCUT2D eigenvalue weighted by Crippen LogP contribution is 2.42. The Morgan fingerprint density at radius 3 is 2.26 bits per heavy atom. The van der Waals surface area contributed by atoms with Crippen LogP contribution >= 0.6 is 0 Å². The Morgan fingerprint density at radius 1 is 0.957 bits per heavy atom. The van der Waals surface area contributed by atoms with E-state index in [1.807, 2.05) is 91.0 Å². The number of benzene rings is 4. The summed E-state index contributed by atoms with van der Waals surface area (Å²) in [5.74, 6) is 0.773. The number of hydrogen-bond donors (Lipinski definition) is 1. The second-order valence-corrected chi connectivity index (χ2v) is 13.7. The van der Waals surface area contributed by atoms with E-state index in [2.05, 4.69) is 17.9 Å². The summed E-state index contributed by atoms with van der Waals surface area (Å²) >= 11 is -2.39. The van der Waals surface area contributed by atoms with Gasteiger partial charge >= 0.3 is 17.3 Å². The molecule has 246 valence electrons. The lowest BCUT2D eigenvalue weighted by Gasteiger charge is -2.27. The van der Waals surface area contributed by atoms with Gasteiger partial charge in [0.2, 0.25) is 5.58 Å². The third-order valence-corrected chi connectivity index (χ3v) is 9.58. The summed E-state index contributed by atoms with van der Waals surface area (Å²) in [7, 11) is -4.47. The zero-order valence-corrected chi connectivity index (χ0v) is 27.5. The molecule has 0 spiro atoms. The van der Waals surface area contributed by atoms with Gasteiger partial charge in [-0.25, -0.2) is 8.42 Å². The van der Waals surface area contributed by atoms with Crippen LogP contribution in [0.5, 0.6) is 5.75 Å². The average molecular weight is 677 g/mol. The summed E-state index contributed by atoms with van der Waals surface area (Å²) < 4.78 is 75.1. The smallest absolute Gasteiger partial charge is 0.348 e. The fourth-order valence-electron chi connectivity index (χ4n) is 6.13. The van der Waals surface area contributed by atoms with Crippen molar-refractivity contribution in [2.75, 3.05) is 23.8 Å². The zero-order valence-electron chi connectivity index (χ0n) is 25.9. The van der Waals surface area contributed by atoms with Crippen LogP contribution in [0.3, 0.4) is 0 Å². The molecule has 0 saturated carbocycles. The molecule has 0 aliphatic carbocycles. The Morgan fingerprint density at radius 2 is 1.62 bits per heavy atom. The van der Waals surface area contributed by atoms with Crippen molar-refractivity contribution in [3.63, 3.8) is 0 Å². The summed E-state index contributed by atoms with van der Waals surface area (Å²) in [6, 6.07) is 31.7. The van der Waals surface area contributed by atoms with Gasteiger partial charge < -0.3 is 18.6 Å². The van der Waals surface area contributed by atoms with Crippen LogP contribution in [-0.2, 0) is 38.6 Å². The van der Waals surface area contributed by atoms with E-state index in [0.717, 1.165) is 34.4 Å². The summed E-state index contributed by atoms with van der Waals surface area (Å²) in [6.07, 6.45) is 1.44. The molecule has 1 aliphatic rings. The van der Waals surface area contributed by atoms with Crippen molar-refractivity contribution in [3.8, 4) is 28.0 Å². The maximum absolute atomic E-state index is 11.7. The van der Waals surface area contributed by atoms with E-state index in [0.29, 0.717) is 42.1 Å². The minimum absolute atomic E-state index is 0.0196. The second kappa shape index (κ2) is 14.4. The van der Waals surface area contributed by atoms with E-state index < -0.39 is 27.2 Å². The molecule has 1 aliphatic heterocycles. The monoisotopic (exact) mass is 676 g/mol. The maximum atomic E-state index is 11.7. The van der Waals surface area contributed by atoms with Gasteiger partial charge in [-0.2, -0.15) is 8.78 Å². The molecule has 2 heterocycles. The molecule has 4 aromatic carbocycles. The topological polar surface area (TPSA) is 133 Å². The number of fused-ring (bicyclic) bond motifs is 2. The first-order chi connectivity index (χ1) is 22.7. The molecule has 10 nitrogen and oxygen atoms in total. The third-order valence-electron chi connectivity index (χ3n) is 8.53. The normalized spacial score (nSPS) is 15.8. The molecule has 5 aromatic rings. The molecule has 1 aromatic heterocycles. The number of hydrogen-bond acceptors (Lipinski definition) is 8. The highest BCUT2D eigenvalue weighted by Gasteiger charge is 2.35. The molecular formula is C35H36N2O8S2. The Labute approximate surface area is 276 Å². The SMILES string of the molecule is CCC(Cc1oc2ccc(-c3ccccc3)cc2[n+]1CCS(=O)(=O)[O-])CC1Oc2ccc(-c3ccccc3)cc2N1CCOS(=O)O. The quantitative estimate of drug-likeness (QED) is 0.0862. The van der Waals surface area contributed by atoms with Gasteiger partial charge in [0.25, 0.3) is 5.52 Å². The molecule has 0 fully saturated rings. The molecule has 1 N–H and O–H groups in total. The van der Waals surface area contributed by atoms with Gasteiger partial charge in [-0.05, 0) is 46.4 Å². The number of ether oxygens (including phenoxy) is 1. The van der Waals surface area contributed by atoms with Crippen LogP contribution < -0.4 is 14.2 Å². The van der Waals surface area contributed by atoms with Crippen LogP contribution in [-0.4, -0.2) is 46.9 Å².